The maximum Gasteiger partial charge on any atom is 0.171 e. The Kier molecular flexibility index (Phi) is 3.05. The van der Waals surface area contributed by atoms with Gasteiger partial charge in [-0.3, -0.25) is 4.79 Å². The molecule has 0 amide bonds. The van der Waals surface area contributed by atoms with Crippen molar-refractivity contribution in [2.75, 3.05) is 23.7 Å². The molecule has 1 aromatic rings. The number of nitrogens with zero attached hydrogens (tertiary/aromatic N) is 2. The van der Waals surface area contributed by atoms with Gasteiger partial charge in [0.25, 0.3) is 0 Å². The maximum atomic E-state index is 11.4. The number of nitrogens with two attached hydrogens (primary N) is 1. The number of anilines is 2. The monoisotopic (exact) mass is 265 g/mol. The van der Waals surface area contributed by atoms with Gasteiger partial charge in [0, 0.05) is 20.0 Å². The second-order valence-electron chi connectivity index (χ2n) is 4.86. The Balaban J connectivity index is 2.43. The molecule has 1 aliphatic rings. The van der Waals surface area contributed by atoms with Crippen LogP contribution in [0.3, 0.4) is 0 Å². The molecule has 1 saturated heterocycles. The van der Waals surface area contributed by atoms with E-state index in [2.05, 4.69) is 6.07 Å². The first-order valence-electron chi connectivity index (χ1n) is 5.66. The molecule has 5 nitrogen and oxygen atoms in total. The topological polar surface area (TPSA) is 90.4 Å². The predicted molar refractivity (Wildman–Crippen MR) is 70.9 cm³/mol. The van der Waals surface area contributed by atoms with E-state index in [1.807, 2.05) is 4.90 Å². The van der Waals surface area contributed by atoms with Crippen molar-refractivity contribution in [1.82, 2.24) is 0 Å². The lowest BCUT2D eigenvalue weighted by Gasteiger charge is -2.19. The summed E-state index contributed by atoms with van der Waals surface area (Å²) in [6.07, 6.45) is 0.644. The first-order valence-corrected chi connectivity index (χ1v) is 6.48. The van der Waals surface area contributed by atoms with Crippen LogP contribution >= 0.6 is 11.3 Å². The number of aliphatic hydroxyl groups is 1. The molecule has 0 radical (unpaired) electrons. The van der Waals surface area contributed by atoms with Gasteiger partial charge in [0.05, 0.1) is 16.2 Å². The molecular weight excluding hydrogens is 250 g/mol. The van der Waals surface area contributed by atoms with Gasteiger partial charge in [-0.2, -0.15) is 5.26 Å². The van der Waals surface area contributed by atoms with E-state index in [1.54, 1.807) is 6.92 Å². The number of thiophene rings is 1. The van der Waals surface area contributed by atoms with Crippen molar-refractivity contribution in [2.45, 2.75) is 25.9 Å². The van der Waals surface area contributed by atoms with Crippen LogP contribution in [0.15, 0.2) is 0 Å². The lowest BCUT2D eigenvalue weighted by molar-refractivity contribution is 0.0839. The molecule has 1 atom stereocenters. The first-order chi connectivity index (χ1) is 8.35. The number of hydrogen-bond donors (Lipinski definition) is 2. The minimum atomic E-state index is -0.748. The molecular formula is C12H15N3O2S. The van der Waals surface area contributed by atoms with E-state index < -0.39 is 5.60 Å². The highest BCUT2D eigenvalue weighted by Gasteiger charge is 2.34. The lowest BCUT2D eigenvalue weighted by Crippen LogP contribution is -2.29. The molecule has 1 aromatic heterocycles. The molecule has 1 aliphatic heterocycles. The molecule has 96 valence electrons. The first kappa shape index (κ1) is 12.9. The zero-order valence-electron chi connectivity index (χ0n) is 10.4. The zero-order chi connectivity index (χ0) is 13.5. The third kappa shape index (κ3) is 2.07. The number of carbonyl (C=O) groups is 1. The van der Waals surface area contributed by atoms with Crippen LogP contribution in [-0.2, 0) is 0 Å². The predicted octanol–water partition coefficient (Wildman–Crippen LogP) is 1.37. The van der Waals surface area contributed by atoms with Crippen LogP contribution in [-0.4, -0.2) is 29.6 Å². The number of nitrogen functional groups attached to an aromatic ring is 1. The molecule has 1 fully saturated rings. The smallest absolute Gasteiger partial charge is 0.171 e. The van der Waals surface area contributed by atoms with E-state index in [0.717, 1.165) is 0 Å². The second kappa shape index (κ2) is 4.26. The number of Topliss-reactive ketones (excluding diaryl/α,β-unsaturated/α-hetero) is 1. The Labute approximate surface area is 109 Å². The average molecular weight is 265 g/mol. The van der Waals surface area contributed by atoms with Crippen molar-refractivity contribution >= 4 is 27.8 Å². The van der Waals surface area contributed by atoms with E-state index in [9.17, 15) is 9.90 Å². The summed E-state index contributed by atoms with van der Waals surface area (Å²) in [5, 5.41) is 19.8. The van der Waals surface area contributed by atoms with Gasteiger partial charge in [0.1, 0.15) is 16.6 Å². The van der Waals surface area contributed by atoms with E-state index in [-0.39, 0.29) is 11.5 Å². The van der Waals surface area contributed by atoms with Crippen molar-refractivity contribution < 1.29 is 9.90 Å². The molecule has 0 aliphatic carbocycles. The molecule has 2 rings (SSSR count). The molecule has 1 unspecified atom stereocenters. The molecule has 0 spiro atoms. The van der Waals surface area contributed by atoms with E-state index in [0.29, 0.717) is 35.0 Å². The summed E-state index contributed by atoms with van der Waals surface area (Å²) in [6, 6.07) is 2.05. The lowest BCUT2D eigenvalue weighted by atomic mass is 10.1. The van der Waals surface area contributed by atoms with Crippen molar-refractivity contribution in [3.05, 3.63) is 10.4 Å². The molecule has 0 bridgehead atoms. The summed E-state index contributed by atoms with van der Waals surface area (Å²) in [6.45, 7) is 4.33. The highest BCUT2D eigenvalue weighted by Crippen LogP contribution is 2.40. The largest absolute Gasteiger partial charge is 0.396 e. The van der Waals surface area contributed by atoms with Crippen LogP contribution in [0, 0.1) is 11.3 Å². The van der Waals surface area contributed by atoms with Crippen molar-refractivity contribution in [2.24, 2.45) is 0 Å². The van der Waals surface area contributed by atoms with Gasteiger partial charge in [0.15, 0.2) is 5.78 Å². The van der Waals surface area contributed by atoms with Gasteiger partial charge >= 0.3 is 0 Å². The summed E-state index contributed by atoms with van der Waals surface area (Å²) in [7, 11) is 0. The number of ketones is 1. The summed E-state index contributed by atoms with van der Waals surface area (Å²) < 4.78 is 0. The van der Waals surface area contributed by atoms with Crippen LogP contribution in [0.4, 0.5) is 10.7 Å². The van der Waals surface area contributed by atoms with Gasteiger partial charge in [-0.15, -0.1) is 11.3 Å². The number of rotatable bonds is 2. The molecule has 0 saturated carbocycles. The van der Waals surface area contributed by atoms with Gasteiger partial charge < -0.3 is 15.7 Å². The standard InChI is InChI=1S/C12H15N3O2S/c1-7(16)10-9(14)8(5-13)11(18-10)15-4-3-12(2,17)6-15/h17H,3-4,6,14H2,1-2H3. The third-order valence-electron chi connectivity index (χ3n) is 3.10. The minimum absolute atomic E-state index is 0.133. The molecule has 0 aromatic carbocycles. The minimum Gasteiger partial charge on any atom is -0.396 e. The van der Waals surface area contributed by atoms with Gasteiger partial charge in [-0.25, -0.2) is 0 Å². The summed E-state index contributed by atoms with van der Waals surface area (Å²) in [5.74, 6) is -0.133. The SMILES string of the molecule is CC(=O)c1sc(N2CCC(C)(O)C2)c(C#N)c1N. The average Bonchev–Trinajstić information content (AvgIpc) is 2.78. The van der Waals surface area contributed by atoms with Gasteiger partial charge in [0.2, 0.25) is 0 Å². The van der Waals surface area contributed by atoms with Gasteiger partial charge in [-0.1, -0.05) is 0 Å². The van der Waals surface area contributed by atoms with Crippen molar-refractivity contribution in [3.63, 3.8) is 0 Å². The van der Waals surface area contributed by atoms with Crippen LogP contribution in [0.25, 0.3) is 0 Å². The molecule has 3 N–H and O–H groups in total. The number of hydrogen-bond acceptors (Lipinski definition) is 6. The summed E-state index contributed by atoms with van der Waals surface area (Å²) >= 11 is 1.23. The Morgan fingerprint density at radius 2 is 2.33 bits per heavy atom. The van der Waals surface area contributed by atoms with Crippen molar-refractivity contribution in [1.29, 1.82) is 5.26 Å². The fourth-order valence-corrected chi connectivity index (χ4v) is 3.23. The Bertz CT molecular complexity index is 542. The molecule has 2 heterocycles. The maximum absolute atomic E-state index is 11.4. The van der Waals surface area contributed by atoms with Crippen LogP contribution in [0.2, 0.25) is 0 Å². The number of nitriles is 1. The second-order valence-corrected chi connectivity index (χ2v) is 5.86. The molecule has 18 heavy (non-hydrogen) atoms. The summed E-state index contributed by atoms with van der Waals surface area (Å²) in [4.78, 5) is 13.8. The Hall–Kier alpha value is -1.58. The third-order valence-corrected chi connectivity index (χ3v) is 4.46. The summed E-state index contributed by atoms with van der Waals surface area (Å²) in [5.41, 5.74) is 5.69. The number of β-amino-alcohol motifs (C(OH)–C–C–N with tert-alkyl or cyclic N) is 1. The highest BCUT2D eigenvalue weighted by atomic mass is 32.1. The van der Waals surface area contributed by atoms with E-state index in [1.165, 1.54) is 18.3 Å². The molecule has 6 heteroatoms. The van der Waals surface area contributed by atoms with E-state index >= 15 is 0 Å². The van der Waals surface area contributed by atoms with Crippen LogP contribution < -0.4 is 10.6 Å². The van der Waals surface area contributed by atoms with Crippen molar-refractivity contribution in [3.8, 4) is 6.07 Å². The Morgan fingerprint density at radius 1 is 1.67 bits per heavy atom. The number of carbonyl (C=O) groups excluding carboxylic acids is 1. The normalized spacial score (nSPS) is 23.1. The van der Waals surface area contributed by atoms with Crippen LogP contribution in [0.5, 0.6) is 0 Å². The van der Waals surface area contributed by atoms with E-state index in [4.69, 9.17) is 11.0 Å². The zero-order valence-corrected chi connectivity index (χ0v) is 11.2. The quantitative estimate of drug-likeness (QED) is 0.788. The Morgan fingerprint density at radius 3 is 2.78 bits per heavy atom. The van der Waals surface area contributed by atoms with Crippen LogP contribution in [0.1, 0.15) is 35.5 Å². The fourth-order valence-electron chi connectivity index (χ4n) is 2.14. The fraction of sp³-hybridized carbons (Fsp3) is 0.500. The van der Waals surface area contributed by atoms with Gasteiger partial charge in [-0.05, 0) is 13.3 Å². The highest BCUT2D eigenvalue weighted by molar-refractivity contribution is 7.19.